The summed E-state index contributed by atoms with van der Waals surface area (Å²) in [6.45, 7) is 10.7. The van der Waals surface area contributed by atoms with Gasteiger partial charge in [-0.25, -0.2) is 0 Å². The maximum absolute atomic E-state index is 5.48. The van der Waals surface area contributed by atoms with Crippen molar-refractivity contribution in [2.24, 2.45) is 4.99 Å². The molecule has 1 N–H and O–H groups in total. The number of methoxy groups -OCH3 is 1. The SMILES string of the molecule is CCNC(=NCC(c1cccc(OC)c1)N1CCCC1)N1CCN(Cc2ccon2)CC1.I. The van der Waals surface area contributed by atoms with Crippen LogP contribution in [0.2, 0.25) is 0 Å². The highest BCUT2D eigenvalue weighted by atomic mass is 127. The van der Waals surface area contributed by atoms with Crippen molar-refractivity contribution < 1.29 is 9.26 Å². The van der Waals surface area contributed by atoms with Gasteiger partial charge in [0.1, 0.15) is 12.0 Å². The van der Waals surface area contributed by atoms with Crippen molar-refractivity contribution in [1.82, 2.24) is 25.2 Å². The van der Waals surface area contributed by atoms with Crippen molar-refractivity contribution in [3.8, 4) is 5.75 Å². The summed E-state index contributed by atoms with van der Waals surface area (Å²) in [6.07, 6.45) is 4.16. The lowest BCUT2D eigenvalue weighted by molar-refractivity contribution is 0.168. The van der Waals surface area contributed by atoms with Crippen LogP contribution >= 0.6 is 24.0 Å². The minimum atomic E-state index is 0. The first kappa shape index (κ1) is 25.8. The Hall–Kier alpha value is -1.85. The number of aromatic nitrogens is 1. The molecule has 1 atom stereocenters. The molecule has 1 aromatic heterocycles. The number of ether oxygens (including phenoxy) is 1. The van der Waals surface area contributed by atoms with Gasteiger partial charge in [0, 0.05) is 45.3 Å². The van der Waals surface area contributed by atoms with Crippen molar-refractivity contribution >= 4 is 29.9 Å². The van der Waals surface area contributed by atoms with E-state index in [2.05, 4.69) is 50.3 Å². The summed E-state index contributed by atoms with van der Waals surface area (Å²) in [5.74, 6) is 1.92. The third kappa shape index (κ3) is 7.07. The lowest BCUT2D eigenvalue weighted by Crippen LogP contribution is -2.52. The highest BCUT2D eigenvalue weighted by Gasteiger charge is 2.25. The number of hydrogen-bond donors (Lipinski definition) is 1. The number of guanidine groups is 1. The van der Waals surface area contributed by atoms with Crippen LogP contribution < -0.4 is 10.1 Å². The molecule has 0 radical (unpaired) electrons. The number of halogens is 1. The first-order valence-electron chi connectivity index (χ1n) is 11.8. The smallest absolute Gasteiger partial charge is 0.194 e. The number of aliphatic imine (C=N–C) groups is 1. The molecule has 0 aliphatic carbocycles. The van der Waals surface area contributed by atoms with Gasteiger partial charge in [-0.2, -0.15) is 0 Å². The molecule has 9 heteroatoms. The Kier molecular flexibility index (Phi) is 10.3. The predicted molar refractivity (Wildman–Crippen MR) is 141 cm³/mol. The number of benzene rings is 1. The second-order valence-corrected chi connectivity index (χ2v) is 8.48. The number of piperazine rings is 1. The zero-order valence-corrected chi connectivity index (χ0v) is 22.1. The summed E-state index contributed by atoms with van der Waals surface area (Å²) in [7, 11) is 1.73. The van der Waals surface area contributed by atoms with Crippen LogP contribution in [0.25, 0.3) is 0 Å². The fourth-order valence-electron chi connectivity index (χ4n) is 4.60. The Bertz CT molecular complexity index is 848. The highest BCUT2D eigenvalue weighted by molar-refractivity contribution is 14.0. The van der Waals surface area contributed by atoms with E-state index in [1.807, 2.05) is 12.1 Å². The largest absolute Gasteiger partial charge is 0.497 e. The average Bonchev–Trinajstić information content (AvgIpc) is 3.54. The molecule has 3 heterocycles. The van der Waals surface area contributed by atoms with Gasteiger partial charge in [-0.05, 0) is 50.6 Å². The van der Waals surface area contributed by atoms with E-state index < -0.39 is 0 Å². The van der Waals surface area contributed by atoms with Crippen molar-refractivity contribution in [3.63, 3.8) is 0 Å². The van der Waals surface area contributed by atoms with E-state index in [0.29, 0.717) is 0 Å². The number of hydrogen-bond acceptors (Lipinski definition) is 6. The van der Waals surface area contributed by atoms with Crippen LogP contribution in [0.4, 0.5) is 0 Å². The Morgan fingerprint density at radius 3 is 2.61 bits per heavy atom. The minimum absolute atomic E-state index is 0. The lowest BCUT2D eigenvalue weighted by Gasteiger charge is -2.36. The molecule has 2 saturated heterocycles. The van der Waals surface area contributed by atoms with Crippen LogP contribution in [0.3, 0.4) is 0 Å². The quantitative estimate of drug-likeness (QED) is 0.298. The molecule has 0 bridgehead atoms. The summed E-state index contributed by atoms with van der Waals surface area (Å²) in [4.78, 5) is 12.5. The van der Waals surface area contributed by atoms with Gasteiger partial charge >= 0.3 is 0 Å². The van der Waals surface area contributed by atoms with Gasteiger partial charge in [-0.15, -0.1) is 24.0 Å². The van der Waals surface area contributed by atoms with Crippen LogP contribution in [-0.4, -0.2) is 85.3 Å². The van der Waals surface area contributed by atoms with E-state index in [1.54, 1.807) is 13.4 Å². The lowest BCUT2D eigenvalue weighted by atomic mass is 10.1. The van der Waals surface area contributed by atoms with Crippen molar-refractivity contribution in [1.29, 1.82) is 0 Å². The third-order valence-electron chi connectivity index (χ3n) is 6.36. The monoisotopic (exact) mass is 568 g/mol. The van der Waals surface area contributed by atoms with Crippen LogP contribution in [0, 0.1) is 0 Å². The molecule has 0 saturated carbocycles. The molecule has 2 aliphatic heterocycles. The van der Waals surface area contributed by atoms with Gasteiger partial charge in [-0.3, -0.25) is 14.8 Å². The molecule has 182 valence electrons. The second-order valence-electron chi connectivity index (χ2n) is 8.48. The van der Waals surface area contributed by atoms with E-state index in [9.17, 15) is 0 Å². The number of nitrogens with one attached hydrogen (secondary N) is 1. The van der Waals surface area contributed by atoms with Crippen molar-refractivity contribution in [2.45, 2.75) is 32.4 Å². The van der Waals surface area contributed by atoms with Gasteiger partial charge in [-0.1, -0.05) is 17.3 Å². The molecule has 1 unspecified atom stereocenters. The van der Waals surface area contributed by atoms with Gasteiger partial charge in [0.05, 0.1) is 25.4 Å². The summed E-state index contributed by atoms with van der Waals surface area (Å²) >= 11 is 0. The molecular weight excluding hydrogens is 531 g/mol. The summed E-state index contributed by atoms with van der Waals surface area (Å²) in [5.41, 5.74) is 2.27. The normalized spacial score (nSPS) is 18.7. The molecule has 33 heavy (non-hydrogen) atoms. The zero-order valence-electron chi connectivity index (χ0n) is 19.8. The maximum Gasteiger partial charge on any atom is 0.194 e. The fourth-order valence-corrected chi connectivity index (χ4v) is 4.60. The van der Waals surface area contributed by atoms with Gasteiger partial charge in [0.2, 0.25) is 0 Å². The van der Waals surface area contributed by atoms with Gasteiger partial charge in [0.25, 0.3) is 0 Å². The average molecular weight is 569 g/mol. The molecule has 2 fully saturated rings. The minimum Gasteiger partial charge on any atom is -0.497 e. The molecule has 4 rings (SSSR count). The summed E-state index contributed by atoms with van der Waals surface area (Å²) in [5, 5.41) is 7.56. The molecule has 2 aliphatic rings. The Balaban J connectivity index is 0.00000306. The molecule has 0 spiro atoms. The first-order chi connectivity index (χ1) is 15.8. The van der Waals surface area contributed by atoms with Crippen LogP contribution in [0.15, 0.2) is 46.1 Å². The second kappa shape index (κ2) is 13.1. The fraction of sp³-hybridized carbons (Fsp3) is 0.583. The molecule has 8 nitrogen and oxygen atoms in total. The van der Waals surface area contributed by atoms with Crippen LogP contribution in [-0.2, 0) is 6.54 Å². The van der Waals surface area contributed by atoms with E-state index >= 15 is 0 Å². The van der Waals surface area contributed by atoms with Gasteiger partial charge in [0.15, 0.2) is 5.96 Å². The number of nitrogens with zero attached hydrogens (tertiary/aromatic N) is 5. The van der Waals surface area contributed by atoms with Gasteiger partial charge < -0.3 is 19.5 Å². The van der Waals surface area contributed by atoms with E-state index in [-0.39, 0.29) is 30.0 Å². The third-order valence-corrected chi connectivity index (χ3v) is 6.36. The van der Waals surface area contributed by atoms with Crippen LogP contribution in [0.5, 0.6) is 5.75 Å². The zero-order chi connectivity index (χ0) is 22.2. The van der Waals surface area contributed by atoms with E-state index in [0.717, 1.165) is 76.3 Å². The van der Waals surface area contributed by atoms with Crippen LogP contribution in [0.1, 0.15) is 37.1 Å². The van der Waals surface area contributed by atoms with Crippen molar-refractivity contribution in [2.75, 3.05) is 59.5 Å². The molecule has 1 aromatic carbocycles. The molecular formula is C24H37IN6O2. The topological polar surface area (TPSA) is 69.4 Å². The standard InChI is InChI=1S/C24H36N6O2.HI/c1-3-25-24(30-14-12-28(13-15-30)19-21-9-16-32-27-21)26-18-23(29-10-4-5-11-29)20-7-6-8-22(17-20)31-2;/h6-9,16-17,23H,3-5,10-15,18-19H2,1-2H3,(H,25,26);1H. The molecule has 2 aromatic rings. The van der Waals surface area contributed by atoms with Crippen molar-refractivity contribution in [3.05, 3.63) is 47.9 Å². The maximum atomic E-state index is 5.48. The Morgan fingerprint density at radius 1 is 1.15 bits per heavy atom. The summed E-state index contributed by atoms with van der Waals surface area (Å²) in [6, 6.07) is 10.7. The Labute approximate surface area is 214 Å². The van der Waals surface area contributed by atoms with E-state index in [1.165, 1.54) is 18.4 Å². The summed E-state index contributed by atoms with van der Waals surface area (Å²) < 4.78 is 10.5. The number of likely N-dealkylation sites (tertiary alicyclic amines) is 1. The van der Waals surface area contributed by atoms with E-state index in [4.69, 9.17) is 14.3 Å². The predicted octanol–water partition coefficient (Wildman–Crippen LogP) is 3.22. The Morgan fingerprint density at radius 2 is 1.94 bits per heavy atom. The highest BCUT2D eigenvalue weighted by Crippen LogP contribution is 2.28. The number of rotatable bonds is 8. The molecule has 0 amide bonds. The first-order valence-corrected chi connectivity index (χ1v) is 11.8.